The molecule has 2 aliphatic heterocycles. The maximum absolute atomic E-state index is 6.18. The normalized spacial score (nSPS) is 24.9. The minimum absolute atomic E-state index is 0.593. The molecule has 1 saturated heterocycles. The highest BCUT2D eigenvalue weighted by Crippen LogP contribution is 2.40. The number of nitrogens with zero attached hydrogens (tertiary/aromatic N) is 2. The SMILES string of the molecule is Clc1ccnc2c1SC(CN1CCOCC1)C2. The Labute approximate surface area is 110 Å². The lowest BCUT2D eigenvalue weighted by molar-refractivity contribution is 0.0382. The molecule has 3 rings (SSSR count). The Bertz CT molecular complexity index is 409. The Kier molecular flexibility index (Phi) is 3.56. The fourth-order valence-electron chi connectivity index (χ4n) is 2.33. The number of pyridine rings is 1. The largest absolute Gasteiger partial charge is 0.379 e. The van der Waals surface area contributed by atoms with Gasteiger partial charge < -0.3 is 4.74 Å². The molecule has 0 radical (unpaired) electrons. The maximum Gasteiger partial charge on any atom is 0.0594 e. The lowest BCUT2D eigenvalue weighted by Crippen LogP contribution is -2.40. The summed E-state index contributed by atoms with van der Waals surface area (Å²) < 4.78 is 5.36. The lowest BCUT2D eigenvalue weighted by atomic mass is 10.2. The molecule has 3 nitrogen and oxygen atoms in total. The van der Waals surface area contributed by atoms with Crippen molar-refractivity contribution in [1.29, 1.82) is 0 Å². The van der Waals surface area contributed by atoms with Gasteiger partial charge >= 0.3 is 0 Å². The highest BCUT2D eigenvalue weighted by atomic mass is 35.5. The van der Waals surface area contributed by atoms with Gasteiger partial charge in [-0.3, -0.25) is 9.88 Å². The first-order valence-corrected chi connectivity index (χ1v) is 7.19. The van der Waals surface area contributed by atoms with Gasteiger partial charge in [0.05, 0.1) is 23.9 Å². The molecule has 1 atom stereocenters. The van der Waals surface area contributed by atoms with Crippen LogP contribution in [0, 0.1) is 0 Å². The Morgan fingerprint density at radius 2 is 2.29 bits per heavy atom. The topological polar surface area (TPSA) is 25.4 Å². The van der Waals surface area contributed by atoms with Gasteiger partial charge in [0, 0.05) is 42.4 Å². The van der Waals surface area contributed by atoms with Crippen LogP contribution in [0.5, 0.6) is 0 Å². The van der Waals surface area contributed by atoms with E-state index in [1.807, 2.05) is 17.8 Å². The second-order valence-electron chi connectivity index (χ2n) is 4.43. The standard InChI is InChI=1S/C12H15ClN2OS/c13-10-1-2-14-11-7-9(17-12(10)11)8-15-3-5-16-6-4-15/h1-2,9H,3-8H2. The van der Waals surface area contributed by atoms with E-state index in [1.165, 1.54) is 10.6 Å². The zero-order valence-corrected chi connectivity index (χ0v) is 11.1. The molecular weight excluding hydrogens is 256 g/mol. The fourth-order valence-corrected chi connectivity index (χ4v) is 3.94. The second-order valence-corrected chi connectivity index (χ2v) is 6.14. The fraction of sp³-hybridized carbons (Fsp3) is 0.583. The van der Waals surface area contributed by atoms with E-state index in [0.717, 1.165) is 44.3 Å². The smallest absolute Gasteiger partial charge is 0.0594 e. The van der Waals surface area contributed by atoms with Crippen LogP contribution in [0.4, 0.5) is 0 Å². The molecule has 1 aromatic heterocycles. The zero-order valence-electron chi connectivity index (χ0n) is 9.56. The van der Waals surface area contributed by atoms with Crippen molar-refractivity contribution in [3.05, 3.63) is 23.0 Å². The zero-order chi connectivity index (χ0) is 11.7. The number of ether oxygens (including phenoxy) is 1. The number of fused-ring (bicyclic) bond motifs is 1. The number of hydrogen-bond acceptors (Lipinski definition) is 4. The minimum Gasteiger partial charge on any atom is -0.379 e. The first-order chi connectivity index (χ1) is 8.33. The van der Waals surface area contributed by atoms with Crippen molar-refractivity contribution >= 4 is 23.4 Å². The number of rotatable bonds is 2. The molecule has 1 unspecified atom stereocenters. The quantitative estimate of drug-likeness (QED) is 0.822. The van der Waals surface area contributed by atoms with E-state index in [9.17, 15) is 0 Å². The van der Waals surface area contributed by atoms with Crippen LogP contribution in [0.3, 0.4) is 0 Å². The summed E-state index contributed by atoms with van der Waals surface area (Å²) in [5.74, 6) is 0. The van der Waals surface area contributed by atoms with Gasteiger partial charge in [-0.1, -0.05) is 11.6 Å². The van der Waals surface area contributed by atoms with Crippen LogP contribution in [0.15, 0.2) is 17.2 Å². The predicted molar refractivity (Wildman–Crippen MR) is 69.9 cm³/mol. The van der Waals surface area contributed by atoms with Crippen molar-refractivity contribution in [3.8, 4) is 0 Å². The molecule has 0 aliphatic carbocycles. The molecule has 0 spiro atoms. The summed E-state index contributed by atoms with van der Waals surface area (Å²) in [6.07, 6.45) is 2.84. The van der Waals surface area contributed by atoms with Crippen LogP contribution in [-0.4, -0.2) is 48.0 Å². The average molecular weight is 271 g/mol. The summed E-state index contributed by atoms with van der Waals surface area (Å²) in [7, 11) is 0. The third-order valence-corrected chi connectivity index (χ3v) is 4.97. The highest BCUT2D eigenvalue weighted by molar-refractivity contribution is 8.00. The molecule has 3 heterocycles. The monoisotopic (exact) mass is 270 g/mol. The van der Waals surface area contributed by atoms with E-state index in [4.69, 9.17) is 16.3 Å². The van der Waals surface area contributed by atoms with E-state index in [-0.39, 0.29) is 0 Å². The Morgan fingerprint density at radius 3 is 3.06 bits per heavy atom. The Morgan fingerprint density at radius 1 is 1.47 bits per heavy atom. The van der Waals surface area contributed by atoms with E-state index < -0.39 is 0 Å². The van der Waals surface area contributed by atoms with Crippen LogP contribution in [-0.2, 0) is 11.2 Å². The van der Waals surface area contributed by atoms with Gasteiger partial charge in [-0.15, -0.1) is 11.8 Å². The van der Waals surface area contributed by atoms with Crippen LogP contribution in [0.2, 0.25) is 5.02 Å². The first kappa shape index (κ1) is 11.8. The van der Waals surface area contributed by atoms with Crippen LogP contribution in [0.25, 0.3) is 0 Å². The van der Waals surface area contributed by atoms with Crippen molar-refractivity contribution in [2.45, 2.75) is 16.6 Å². The van der Waals surface area contributed by atoms with Gasteiger partial charge in [0.25, 0.3) is 0 Å². The molecule has 0 N–H and O–H groups in total. The van der Waals surface area contributed by atoms with E-state index >= 15 is 0 Å². The molecule has 5 heteroatoms. The Balaban J connectivity index is 1.63. The second kappa shape index (κ2) is 5.14. The summed E-state index contributed by atoms with van der Waals surface area (Å²) in [4.78, 5) is 8.08. The molecule has 0 aromatic carbocycles. The average Bonchev–Trinajstić information content (AvgIpc) is 2.74. The van der Waals surface area contributed by atoms with Crippen LogP contribution < -0.4 is 0 Å². The van der Waals surface area contributed by atoms with Gasteiger partial charge in [0.15, 0.2) is 0 Å². The number of morpholine rings is 1. The van der Waals surface area contributed by atoms with Crippen molar-refractivity contribution in [1.82, 2.24) is 9.88 Å². The van der Waals surface area contributed by atoms with Crippen LogP contribution in [0.1, 0.15) is 5.69 Å². The molecule has 0 bridgehead atoms. The minimum atomic E-state index is 0.593. The summed E-state index contributed by atoms with van der Waals surface area (Å²) in [5, 5.41) is 1.44. The summed E-state index contributed by atoms with van der Waals surface area (Å²) in [6.45, 7) is 4.94. The van der Waals surface area contributed by atoms with E-state index in [0.29, 0.717) is 5.25 Å². The number of hydrogen-bond donors (Lipinski definition) is 0. The number of aromatic nitrogens is 1. The highest BCUT2D eigenvalue weighted by Gasteiger charge is 2.27. The molecule has 0 saturated carbocycles. The molecule has 17 heavy (non-hydrogen) atoms. The predicted octanol–water partition coefficient (Wildman–Crippen LogP) is 2.08. The number of thioether (sulfide) groups is 1. The summed E-state index contributed by atoms with van der Waals surface area (Å²) >= 11 is 8.06. The van der Waals surface area contributed by atoms with Gasteiger partial charge in [0.1, 0.15) is 0 Å². The Hall–Kier alpha value is -0.290. The molecule has 2 aliphatic rings. The van der Waals surface area contributed by atoms with Gasteiger partial charge in [-0.2, -0.15) is 0 Å². The van der Waals surface area contributed by atoms with Gasteiger partial charge in [-0.25, -0.2) is 0 Å². The molecule has 92 valence electrons. The molecule has 1 fully saturated rings. The number of halogens is 1. The first-order valence-electron chi connectivity index (χ1n) is 5.93. The van der Waals surface area contributed by atoms with Crippen molar-refractivity contribution in [3.63, 3.8) is 0 Å². The molecule has 1 aromatic rings. The molecule has 0 amide bonds. The van der Waals surface area contributed by atoms with Crippen molar-refractivity contribution in [2.75, 3.05) is 32.8 Å². The van der Waals surface area contributed by atoms with Gasteiger partial charge in [-0.05, 0) is 6.07 Å². The van der Waals surface area contributed by atoms with Crippen molar-refractivity contribution in [2.24, 2.45) is 0 Å². The van der Waals surface area contributed by atoms with Gasteiger partial charge in [0.2, 0.25) is 0 Å². The van der Waals surface area contributed by atoms with E-state index in [1.54, 1.807) is 6.20 Å². The maximum atomic E-state index is 6.18. The lowest BCUT2D eigenvalue weighted by Gasteiger charge is -2.28. The molecular formula is C12H15ClN2OS. The van der Waals surface area contributed by atoms with Crippen LogP contribution >= 0.6 is 23.4 Å². The van der Waals surface area contributed by atoms with Crippen molar-refractivity contribution < 1.29 is 4.74 Å². The van der Waals surface area contributed by atoms with E-state index in [2.05, 4.69) is 9.88 Å². The summed E-state index contributed by atoms with van der Waals surface area (Å²) in [6, 6.07) is 1.88. The summed E-state index contributed by atoms with van der Waals surface area (Å²) in [5.41, 5.74) is 1.17. The third kappa shape index (κ3) is 2.60. The third-order valence-electron chi connectivity index (χ3n) is 3.20.